The molecule has 0 aliphatic rings. The van der Waals surface area contributed by atoms with Gasteiger partial charge in [-0.05, 0) is 66.6 Å². The summed E-state index contributed by atoms with van der Waals surface area (Å²) in [6.07, 6.45) is 1.64. The number of hydrazone groups is 1. The standard InChI is InChI=1S/C33H26ClN3O3/c1-2-40-33(39)25-16-18-29(19-17-25)37-30(23-10-5-3-6-11-23)21-27(31(37)24-12-7-4-8-13-24)22-35-36-32(38)26-14-9-15-28(34)20-26/h3-22H,2H2,1H3,(H,36,38)/b35-22-. The van der Waals surface area contributed by atoms with Crippen LogP contribution >= 0.6 is 11.6 Å². The van der Waals surface area contributed by atoms with E-state index in [1.54, 1.807) is 49.5 Å². The van der Waals surface area contributed by atoms with Crippen LogP contribution in [0.3, 0.4) is 0 Å². The van der Waals surface area contributed by atoms with E-state index in [0.29, 0.717) is 22.8 Å². The lowest BCUT2D eigenvalue weighted by atomic mass is 10.1. The zero-order valence-electron chi connectivity index (χ0n) is 21.8. The Kier molecular flexibility index (Phi) is 8.18. The van der Waals surface area contributed by atoms with E-state index in [0.717, 1.165) is 33.8 Å². The van der Waals surface area contributed by atoms with Crippen molar-refractivity contribution in [3.63, 3.8) is 0 Å². The first-order valence-electron chi connectivity index (χ1n) is 12.8. The highest BCUT2D eigenvalue weighted by atomic mass is 35.5. The Balaban J connectivity index is 1.62. The number of amides is 1. The van der Waals surface area contributed by atoms with Gasteiger partial charge in [-0.3, -0.25) is 4.79 Å². The normalized spacial score (nSPS) is 10.9. The summed E-state index contributed by atoms with van der Waals surface area (Å²) in [6, 6.07) is 36.0. The van der Waals surface area contributed by atoms with Gasteiger partial charge in [-0.15, -0.1) is 0 Å². The van der Waals surface area contributed by atoms with Gasteiger partial charge in [-0.25, -0.2) is 10.2 Å². The zero-order valence-corrected chi connectivity index (χ0v) is 22.5. The molecule has 0 saturated carbocycles. The molecule has 1 aromatic heterocycles. The third kappa shape index (κ3) is 5.87. The summed E-state index contributed by atoms with van der Waals surface area (Å²) in [5.41, 5.74) is 8.91. The van der Waals surface area contributed by atoms with Crippen molar-refractivity contribution in [2.75, 3.05) is 6.61 Å². The molecular formula is C33H26ClN3O3. The van der Waals surface area contributed by atoms with Crippen molar-refractivity contribution < 1.29 is 14.3 Å². The van der Waals surface area contributed by atoms with Gasteiger partial charge < -0.3 is 9.30 Å². The first-order valence-corrected chi connectivity index (χ1v) is 13.2. The number of halogens is 1. The van der Waals surface area contributed by atoms with Crippen molar-refractivity contribution in [3.8, 4) is 28.2 Å². The predicted octanol–water partition coefficient (Wildman–Crippen LogP) is 7.41. The molecule has 6 nitrogen and oxygen atoms in total. The summed E-state index contributed by atoms with van der Waals surface area (Å²) in [4.78, 5) is 24.9. The van der Waals surface area contributed by atoms with Crippen molar-refractivity contribution in [2.24, 2.45) is 5.10 Å². The quantitative estimate of drug-likeness (QED) is 0.125. The largest absolute Gasteiger partial charge is 0.462 e. The highest BCUT2D eigenvalue weighted by Gasteiger charge is 2.19. The topological polar surface area (TPSA) is 72.7 Å². The minimum atomic E-state index is -0.364. The van der Waals surface area contributed by atoms with Gasteiger partial charge in [0.15, 0.2) is 0 Å². The van der Waals surface area contributed by atoms with Crippen LogP contribution in [0.25, 0.3) is 28.2 Å². The monoisotopic (exact) mass is 547 g/mol. The molecule has 0 unspecified atom stereocenters. The van der Waals surface area contributed by atoms with Crippen LogP contribution in [0.15, 0.2) is 120 Å². The maximum atomic E-state index is 12.7. The Hall–Kier alpha value is -4.94. The zero-order chi connectivity index (χ0) is 27.9. The van der Waals surface area contributed by atoms with Crippen LogP contribution in [0.2, 0.25) is 5.02 Å². The molecule has 5 rings (SSSR count). The van der Waals surface area contributed by atoms with Crippen LogP contribution in [0.4, 0.5) is 0 Å². The number of nitrogens with zero attached hydrogens (tertiary/aromatic N) is 2. The Labute approximate surface area is 237 Å². The molecule has 7 heteroatoms. The summed E-state index contributed by atoms with van der Waals surface area (Å²) in [5, 5.41) is 4.76. The van der Waals surface area contributed by atoms with Gasteiger partial charge in [0.05, 0.1) is 29.8 Å². The third-order valence-electron chi connectivity index (χ3n) is 6.24. The van der Waals surface area contributed by atoms with E-state index >= 15 is 0 Å². The molecule has 1 amide bonds. The van der Waals surface area contributed by atoms with Crippen LogP contribution in [0.1, 0.15) is 33.2 Å². The molecule has 0 saturated heterocycles. The number of esters is 1. The third-order valence-corrected chi connectivity index (χ3v) is 6.48. The Morgan fingerprint density at radius 3 is 2.15 bits per heavy atom. The number of ether oxygens (including phenoxy) is 1. The van der Waals surface area contributed by atoms with Gasteiger partial charge in [0.2, 0.25) is 0 Å². The van der Waals surface area contributed by atoms with Crippen molar-refractivity contribution in [2.45, 2.75) is 6.92 Å². The number of benzene rings is 4. The Bertz CT molecular complexity index is 1660. The molecule has 0 bridgehead atoms. The maximum absolute atomic E-state index is 12.7. The molecule has 4 aromatic carbocycles. The predicted molar refractivity (Wildman–Crippen MR) is 159 cm³/mol. The van der Waals surface area contributed by atoms with E-state index < -0.39 is 0 Å². The van der Waals surface area contributed by atoms with E-state index in [1.807, 2.05) is 78.9 Å². The number of rotatable bonds is 8. The lowest BCUT2D eigenvalue weighted by molar-refractivity contribution is 0.0526. The van der Waals surface area contributed by atoms with Crippen molar-refractivity contribution in [1.29, 1.82) is 0 Å². The SMILES string of the molecule is CCOC(=O)c1ccc(-n2c(-c3ccccc3)cc(/C=N\NC(=O)c3cccc(Cl)c3)c2-c2ccccc2)cc1. The van der Waals surface area contributed by atoms with Crippen LogP contribution in [0.5, 0.6) is 0 Å². The number of hydrogen-bond acceptors (Lipinski definition) is 4. The summed E-state index contributed by atoms with van der Waals surface area (Å²) in [7, 11) is 0. The smallest absolute Gasteiger partial charge is 0.338 e. The Morgan fingerprint density at radius 1 is 0.825 bits per heavy atom. The summed E-state index contributed by atoms with van der Waals surface area (Å²) in [5.74, 6) is -0.728. The van der Waals surface area contributed by atoms with Crippen LogP contribution in [-0.4, -0.2) is 29.3 Å². The molecular weight excluding hydrogens is 522 g/mol. The highest BCUT2D eigenvalue weighted by Crippen LogP contribution is 2.35. The first-order chi connectivity index (χ1) is 19.5. The molecule has 40 heavy (non-hydrogen) atoms. The maximum Gasteiger partial charge on any atom is 0.338 e. The van der Waals surface area contributed by atoms with E-state index in [-0.39, 0.29) is 11.9 Å². The first kappa shape index (κ1) is 26.7. The fraction of sp³-hybridized carbons (Fsp3) is 0.0606. The fourth-order valence-electron chi connectivity index (χ4n) is 4.43. The lowest BCUT2D eigenvalue weighted by Crippen LogP contribution is -2.17. The summed E-state index contributed by atoms with van der Waals surface area (Å²) < 4.78 is 7.29. The van der Waals surface area contributed by atoms with Crippen molar-refractivity contribution >= 4 is 29.7 Å². The van der Waals surface area contributed by atoms with Gasteiger partial charge >= 0.3 is 5.97 Å². The molecule has 0 radical (unpaired) electrons. The lowest BCUT2D eigenvalue weighted by Gasteiger charge is -2.15. The molecule has 1 heterocycles. The van der Waals surface area contributed by atoms with E-state index in [2.05, 4.69) is 15.1 Å². The van der Waals surface area contributed by atoms with Gasteiger partial charge in [-0.2, -0.15) is 5.10 Å². The van der Waals surface area contributed by atoms with E-state index in [4.69, 9.17) is 16.3 Å². The number of nitrogens with one attached hydrogen (secondary N) is 1. The Morgan fingerprint density at radius 2 is 1.50 bits per heavy atom. The van der Waals surface area contributed by atoms with E-state index in [1.165, 1.54) is 0 Å². The van der Waals surface area contributed by atoms with Crippen LogP contribution in [-0.2, 0) is 4.74 Å². The molecule has 0 aliphatic carbocycles. The van der Waals surface area contributed by atoms with Crippen molar-refractivity contribution in [1.82, 2.24) is 9.99 Å². The van der Waals surface area contributed by atoms with Gasteiger partial charge in [-0.1, -0.05) is 78.3 Å². The molecule has 0 aliphatic heterocycles. The number of aromatic nitrogens is 1. The molecule has 0 spiro atoms. The van der Waals surface area contributed by atoms with Crippen LogP contribution in [0, 0.1) is 0 Å². The summed E-state index contributed by atoms with van der Waals surface area (Å²) in [6.45, 7) is 2.09. The molecule has 1 N–H and O–H groups in total. The van der Waals surface area contributed by atoms with Gasteiger partial charge in [0.1, 0.15) is 0 Å². The second-order valence-electron chi connectivity index (χ2n) is 8.88. The average Bonchev–Trinajstić information content (AvgIpc) is 3.37. The number of carbonyl (C=O) groups excluding carboxylic acids is 2. The second-order valence-corrected chi connectivity index (χ2v) is 9.31. The highest BCUT2D eigenvalue weighted by molar-refractivity contribution is 6.31. The molecule has 0 fully saturated rings. The molecule has 0 atom stereocenters. The van der Waals surface area contributed by atoms with Crippen molar-refractivity contribution in [3.05, 3.63) is 137 Å². The fourth-order valence-corrected chi connectivity index (χ4v) is 4.62. The van der Waals surface area contributed by atoms with Gasteiger partial charge in [0, 0.05) is 21.8 Å². The second kappa shape index (κ2) is 12.3. The summed E-state index contributed by atoms with van der Waals surface area (Å²) >= 11 is 6.04. The van der Waals surface area contributed by atoms with E-state index in [9.17, 15) is 9.59 Å². The molecule has 198 valence electrons. The molecule has 5 aromatic rings. The minimum absolute atomic E-state index is 0.311. The van der Waals surface area contributed by atoms with Crippen LogP contribution < -0.4 is 5.43 Å². The average molecular weight is 548 g/mol. The number of hydrogen-bond donors (Lipinski definition) is 1. The van der Waals surface area contributed by atoms with Gasteiger partial charge in [0.25, 0.3) is 5.91 Å². The number of carbonyl (C=O) groups is 2. The minimum Gasteiger partial charge on any atom is -0.462 e.